The van der Waals surface area contributed by atoms with Crippen LogP contribution in [0.3, 0.4) is 0 Å². The van der Waals surface area contributed by atoms with Gasteiger partial charge in [0.15, 0.2) is 21.5 Å². The van der Waals surface area contributed by atoms with Crippen molar-refractivity contribution in [1.29, 1.82) is 0 Å². The minimum Gasteiger partial charge on any atom is -0.387 e. The summed E-state index contributed by atoms with van der Waals surface area (Å²) < 4.78 is 27.8. The molecule has 0 spiro atoms. The lowest BCUT2D eigenvalue weighted by atomic mass is 10.1. The van der Waals surface area contributed by atoms with Crippen molar-refractivity contribution in [1.82, 2.24) is 0 Å². The summed E-state index contributed by atoms with van der Waals surface area (Å²) in [7, 11) is 0. The molecule has 0 saturated carbocycles. The summed E-state index contributed by atoms with van der Waals surface area (Å²) in [5.41, 5.74) is 0. The fourth-order valence-corrected chi connectivity index (χ4v) is 3.93. The van der Waals surface area contributed by atoms with Gasteiger partial charge in [0.2, 0.25) is 0 Å². The van der Waals surface area contributed by atoms with Gasteiger partial charge >= 0.3 is 0 Å². The van der Waals surface area contributed by atoms with Gasteiger partial charge in [-0.05, 0) is 50.3 Å². The Morgan fingerprint density at radius 3 is 2.32 bits per heavy atom. The summed E-state index contributed by atoms with van der Waals surface area (Å²) in [6.45, 7) is 7.63. The van der Waals surface area contributed by atoms with E-state index in [-0.39, 0.29) is 0 Å². The Morgan fingerprint density at radius 1 is 1.11 bits per heavy atom. The third-order valence-electron chi connectivity index (χ3n) is 3.47. The summed E-state index contributed by atoms with van der Waals surface area (Å²) in [6, 6.07) is 0. The van der Waals surface area contributed by atoms with Gasteiger partial charge in [0, 0.05) is 0 Å². The molecule has 3 saturated heterocycles. The molecule has 7 heteroatoms. The number of alkyl halides is 1. The summed E-state index contributed by atoms with van der Waals surface area (Å²) in [4.78, 5) is 0. The first-order valence-electron chi connectivity index (χ1n) is 6.34. The van der Waals surface area contributed by atoms with E-state index in [1.165, 1.54) is 0 Å². The van der Waals surface area contributed by atoms with Crippen molar-refractivity contribution in [2.24, 2.45) is 0 Å². The molecule has 0 bridgehead atoms. The largest absolute Gasteiger partial charge is 0.387 e. The van der Waals surface area contributed by atoms with Crippen molar-refractivity contribution in [3.63, 3.8) is 0 Å². The standard InChI is InChI=1S/C12H19IO6/c1-10(2)15-5-12(13,19-10)8-6(14)7-9(16-8)18-11(3,4)17-7/h6-9,14H,5H2,1-4H3/t6-,7+,8-,9+,12?/m0/s1. The zero-order chi connectivity index (χ0) is 14.1. The van der Waals surface area contributed by atoms with Gasteiger partial charge in [-0.3, -0.25) is 0 Å². The molecule has 110 valence electrons. The summed E-state index contributed by atoms with van der Waals surface area (Å²) in [5.74, 6) is -1.41. The van der Waals surface area contributed by atoms with Crippen molar-refractivity contribution >= 4 is 22.6 Å². The van der Waals surface area contributed by atoms with Crippen LogP contribution in [0.15, 0.2) is 0 Å². The first-order valence-corrected chi connectivity index (χ1v) is 7.42. The summed E-state index contributed by atoms with van der Waals surface area (Å²) in [5, 5.41) is 10.4. The zero-order valence-corrected chi connectivity index (χ0v) is 13.5. The Morgan fingerprint density at radius 2 is 1.79 bits per heavy atom. The molecule has 0 aromatic heterocycles. The summed E-state index contributed by atoms with van der Waals surface area (Å²) in [6.07, 6.45) is -2.39. The van der Waals surface area contributed by atoms with Crippen LogP contribution in [0.1, 0.15) is 27.7 Å². The number of aliphatic hydroxyl groups is 1. The Bertz CT molecular complexity index is 386. The van der Waals surface area contributed by atoms with E-state index in [2.05, 4.69) is 22.6 Å². The lowest BCUT2D eigenvalue weighted by Gasteiger charge is -2.32. The van der Waals surface area contributed by atoms with Gasteiger partial charge in [0.05, 0.1) is 6.61 Å². The zero-order valence-electron chi connectivity index (χ0n) is 11.4. The first-order chi connectivity index (χ1) is 8.62. The third kappa shape index (κ3) is 2.43. The number of hydrogen-bond donors (Lipinski definition) is 1. The molecule has 0 aromatic rings. The molecule has 0 aliphatic carbocycles. The maximum Gasteiger partial charge on any atom is 0.190 e. The molecule has 6 nitrogen and oxygen atoms in total. The second-order valence-corrected chi connectivity index (χ2v) is 7.92. The van der Waals surface area contributed by atoms with Crippen LogP contribution in [0.5, 0.6) is 0 Å². The topological polar surface area (TPSA) is 66.4 Å². The fraction of sp³-hybridized carbons (Fsp3) is 1.00. The average molecular weight is 386 g/mol. The van der Waals surface area contributed by atoms with E-state index >= 15 is 0 Å². The van der Waals surface area contributed by atoms with Crippen LogP contribution in [0.2, 0.25) is 0 Å². The van der Waals surface area contributed by atoms with Crippen LogP contribution in [0, 0.1) is 0 Å². The van der Waals surface area contributed by atoms with Crippen LogP contribution in [0.4, 0.5) is 0 Å². The van der Waals surface area contributed by atoms with Crippen LogP contribution >= 0.6 is 22.6 Å². The normalized spacial score (nSPS) is 51.5. The highest BCUT2D eigenvalue weighted by Gasteiger charge is 2.62. The van der Waals surface area contributed by atoms with Gasteiger partial charge in [-0.25, -0.2) is 0 Å². The highest BCUT2D eigenvalue weighted by Crippen LogP contribution is 2.47. The molecule has 5 atom stereocenters. The fourth-order valence-electron chi connectivity index (χ4n) is 2.73. The lowest BCUT2D eigenvalue weighted by molar-refractivity contribution is -0.234. The number of rotatable bonds is 1. The van der Waals surface area contributed by atoms with Gasteiger partial charge in [0.25, 0.3) is 0 Å². The lowest BCUT2D eigenvalue weighted by Crippen LogP contribution is -2.48. The minimum atomic E-state index is -0.804. The van der Waals surface area contributed by atoms with Crippen molar-refractivity contribution < 1.29 is 28.8 Å². The van der Waals surface area contributed by atoms with Crippen LogP contribution in [0.25, 0.3) is 0 Å². The predicted molar refractivity (Wildman–Crippen MR) is 72.6 cm³/mol. The van der Waals surface area contributed by atoms with Gasteiger partial charge in [-0.2, -0.15) is 0 Å². The molecule has 0 aromatic carbocycles. The number of hydrogen-bond acceptors (Lipinski definition) is 6. The van der Waals surface area contributed by atoms with Crippen molar-refractivity contribution in [2.45, 2.75) is 67.5 Å². The molecular formula is C12H19IO6. The average Bonchev–Trinajstić information content (AvgIpc) is 2.80. The van der Waals surface area contributed by atoms with E-state index in [0.29, 0.717) is 6.61 Å². The van der Waals surface area contributed by atoms with E-state index in [4.69, 9.17) is 23.7 Å². The Hall–Kier alpha value is 0.490. The Labute approximate surface area is 125 Å². The monoisotopic (exact) mass is 386 g/mol. The van der Waals surface area contributed by atoms with Crippen molar-refractivity contribution in [3.8, 4) is 0 Å². The van der Waals surface area contributed by atoms with Gasteiger partial charge < -0.3 is 28.8 Å². The molecule has 19 heavy (non-hydrogen) atoms. The second-order valence-electron chi connectivity index (χ2n) is 6.09. The molecule has 3 heterocycles. The second kappa shape index (κ2) is 4.25. The van der Waals surface area contributed by atoms with Gasteiger partial charge in [-0.15, -0.1) is 0 Å². The SMILES string of the molecule is CC1(C)O[C@H]2O[C@H](C3(I)COC(C)(C)O3)[C@@H](O)[C@H]2O1. The van der Waals surface area contributed by atoms with Crippen molar-refractivity contribution in [2.75, 3.05) is 6.61 Å². The number of fused-ring (bicyclic) bond motifs is 1. The van der Waals surface area contributed by atoms with E-state index in [0.717, 1.165) is 0 Å². The van der Waals surface area contributed by atoms with E-state index in [1.54, 1.807) is 13.8 Å². The van der Waals surface area contributed by atoms with Gasteiger partial charge in [0.1, 0.15) is 18.3 Å². The molecule has 0 amide bonds. The maximum atomic E-state index is 10.4. The van der Waals surface area contributed by atoms with Crippen LogP contribution in [-0.2, 0) is 23.7 Å². The first kappa shape index (κ1) is 14.4. The molecule has 1 unspecified atom stereocenters. The minimum absolute atomic E-state index is 0.352. The third-order valence-corrected chi connectivity index (χ3v) is 4.62. The molecule has 3 aliphatic rings. The quantitative estimate of drug-likeness (QED) is 0.539. The molecular weight excluding hydrogens is 367 g/mol. The van der Waals surface area contributed by atoms with E-state index in [1.807, 2.05) is 13.8 Å². The summed E-state index contributed by atoms with van der Waals surface area (Å²) >= 11 is 2.13. The number of aliphatic hydroxyl groups excluding tert-OH is 1. The smallest absolute Gasteiger partial charge is 0.190 e. The molecule has 3 fully saturated rings. The van der Waals surface area contributed by atoms with Gasteiger partial charge in [-0.1, -0.05) is 0 Å². The van der Waals surface area contributed by atoms with Crippen molar-refractivity contribution in [3.05, 3.63) is 0 Å². The molecule has 0 radical (unpaired) electrons. The van der Waals surface area contributed by atoms with Crippen LogP contribution in [-0.4, -0.2) is 51.5 Å². The highest BCUT2D eigenvalue weighted by atomic mass is 127. The molecule has 3 aliphatic heterocycles. The maximum absolute atomic E-state index is 10.4. The Balaban J connectivity index is 1.76. The predicted octanol–water partition coefficient (Wildman–Crippen LogP) is 1.14. The van der Waals surface area contributed by atoms with Crippen LogP contribution < -0.4 is 0 Å². The Kier molecular flexibility index (Phi) is 3.23. The van der Waals surface area contributed by atoms with E-state index < -0.39 is 39.8 Å². The molecule has 1 N–H and O–H groups in total. The molecule has 3 rings (SSSR count). The highest BCUT2D eigenvalue weighted by molar-refractivity contribution is 14.1. The van der Waals surface area contributed by atoms with E-state index in [9.17, 15) is 5.11 Å². The number of halogens is 1. The number of ether oxygens (including phenoxy) is 5.